The summed E-state index contributed by atoms with van der Waals surface area (Å²) in [5, 5.41) is 0.741. The van der Waals surface area contributed by atoms with Crippen LogP contribution < -0.4 is 5.56 Å². The van der Waals surface area contributed by atoms with Crippen molar-refractivity contribution in [3.05, 3.63) is 26.6 Å². The third-order valence-electron chi connectivity index (χ3n) is 6.11. The van der Waals surface area contributed by atoms with Crippen molar-refractivity contribution < 1.29 is 9.53 Å². The molecule has 2 aromatic heterocycles. The van der Waals surface area contributed by atoms with Gasteiger partial charge in [-0.05, 0) is 50.0 Å². The van der Waals surface area contributed by atoms with Crippen LogP contribution in [0, 0.1) is 11.8 Å². The van der Waals surface area contributed by atoms with Crippen molar-refractivity contribution >= 4 is 27.5 Å². The molecule has 0 unspecified atom stereocenters. The lowest BCUT2D eigenvalue weighted by molar-refractivity contribution is -0.149. The number of ether oxygens (including phenoxy) is 1. The largest absolute Gasteiger partial charge is 0.454 e. The van der Waals surface area contributed by atoms with Gasteiger partial charge in [-0.25, -0.2) is 4.98 Å². The highest BCUT2D eigenvalue weighted by Gasteiger charge is 2.24. The van der Waals surface area contributed by atoms with E-state index in [1.807, 2.05) is 0 Å². The summed E-state index contributed by atoms with van der Waals surface area (Å²) in [7, 11) is 0. The molecule has 2 aromatic rings. The van der Waals surface area contributed by atoms with Gasteiger partial charge in [0.1, 0.15) is 4.83 Å². The van der Waals surface area contributed by atoms with Gasteiger partial charge in [-0.1, -0.05) is 32.6 Å². The van der Waals surface area contributed by atoms with Crippen LogP contribution in [0.3, 0.4) is 0 Å². The number of H-pyrrole nitrogens is 1. The smallest absolute Gasteiger partial charge is 0.306 e. The minimum absolute atomic E-state index is 0.101. The molecular weight excluding hydrogens is 360 g/mol. The predicted molar refractivity (Wildman–Crippen MR) is 107 cm³/mol. The number of aromatic amines is 1. The van der Waals surface area contributed by atoms with Crippen LogP contribution in [0.15, 0.2) is 4.79 Å². The Kier molecular flexibility index (Phi) is 5.35. The first-order chi connectivity index (χ1) is 13.0. The summed E-state index contributed by atoms with van der Waals surface area (Å²) in [6, 6.07) is 0. The number of aryl methyl sites for hydroxylation is 1. The van der Waals surface area contributed by atoms with Crippen LogP contribution in [-0.4, -0.2) is 15.9 Å². The zero-order valence-electron chi connectivity index (χ0n) is 16.2. The van der Waals surface area contributed by atoms with Gasteiger partial charge in [0.2, 0.25) is 0 Å². The monoisotopic (exact) mass is 388 g/mol. The minimum Gasteiger partial charge on any atom is -0.454 e. The van der Waals surface area contributed by atoms with Crippen LogP contribution in [0.1, 0.15) is 81.2 Å². The van der Waals surface area contributed by atoms with Gasteiger partial charge < -0.3 is 9.72 Å². The Bertz CT molecular complexity index is 895. The molecule has 5 nitrogen and oxygen atoms in total. The molecule has 27 heavy (non-hydrogen) atoms. The normalized spacial score (nSPS) is 21.3. The maximum atomic E-state index is 12.7. The molecule has 0 aliphatic heterocycles. The number of carbonyl (C=O) groups excluding carboxylic acids is 1. The number of thiophene rings is 1. The molecule has 2 heterocycles. The number of fused-ring (bicyclic) bond motifs is 3. The third-order valence-corrected chi connectivity index (χ3v) is 7.26. The van der Waals surface area contributed by atoms with Crippen LogP contribution in [0.2, 0.25) is 0 Å². The Morgan fingerprint density at radius 3 is 2.89 bits per heavy atom. The SMILES string of the molecule is C[C@@H]1CCc2c(sc3nc([C@@H](C)OC(=O)CCC4CCCC4)[nH]c(=O)c23)C1. The van der Waals surface area contributed by atoms with Crippen LogP contribution in [0.4, 0.5) is 0 Å². The average Bonchev–Trinajstić information content (AvgIpc) is 3.26. The Balaban J connectivity index is 1.48. The van der Waals surface area contributed by atoms with Crippen LogP contribution >= 0.6 is 11.3 Å². The van der Waals surface area contributed by atoms with E-state index in [0.29, 0.717) is 24.1 Å². The number of carbonyl (C=O) groups is 1. The summed E-state index contributed by atoms with van der Waals surface area (Å²) < 4.78 is 5.55. The van der Waals surface area contributed by atoms with Gasteiger partial charge >= 0.3 is 5.97 Å². The van der Waals surface area contributed by atoms with Gasteiger partial charge in [-0.15, -0.1) is 11.3 Å². The van der Waals surface area contributed by atoms with Crippen molar-refractivity contribution in [3.8, 4) is 0 Å². The number of nitrogens with zero attached hydrogens (tertiary/aromatic N) is 1. The molecule has 1 saturated carbocycles. The van der Waals surface area contributed by atoms with E-state index in [1.165, 1.54) is 36.1 Å². The highest BCUT2D eigenvalue weighted by Crippen LogP contribution is 2.36. The zero-order chi connectivity index (χ0) is 19.0. The number of hydrogen-bond acceptors (Lipinski definition) is 5. The predicted octanol–water partition coefficient (Wildman–Crippen LogP) is 4.68. The van der Waals surface area contributed by atoms with Gasteiger partial charge in [-0.3, -0.25) is 9.59 Å². The fourth-order valence-corrected chi connectivity index (χ4v) is 5.88. The molecule has 0 bridgehead atoms. The average molecular weight is 389 g/mol. The molecule has 146 valence electrons. The molecule has 2 aliphatic rings. The van der Waals surface area contributed by atoms with Gasteiger partial charge in [0.05, 0.1) is 5.39 Å². The van der Waals surface area contributed by atoms with E-state index >= 15 is 0 Å². The Morgan fingerprint density at radius 1 is 1.33 bits per heavy atom. The van der Waals surface area contributed by atoms with Gasteiger partial charge in [-0.2, -0.15) is 0 Å². The summed E-state index contributed by atoms with van der Waals surface area (Å²) >= 11 is 1.62. The first kappa shape index (κ1) is 18.7. The van der Waals surface area contributed by atoms with E-state index in [-0.39, 0.29) is 11.5 Å². The number of hydrogen-bond donors (Lipinski definition) is 1. The molecular formula is C21H28N2O3S. The van der Waals surface area contributed by atoms with Crippen molar-refractivity contribution in [2.45, 2.75) is 77.7 Å². The maximum Gasteiger partial charge on any atom is 0.306 e. The van der Waals surface area contributed by atoms with Gasteiger partial charge in [0, 0.05) is 11.3 Å². The first-order valence-corrected chi connectivity index (χ1v) is 11.1. The molecule has 4 rings (SSSR count). The van der Waals surface area contributed by atoms with Crippen molar-refractivity contribution in [2.75, 3.05) is 0 Å². The van der Waals surface area contributed by atoms with E-state index in [1.54, 1.807) is 18.3 Å². The number of nitrogens with one attached hydrogen (secondary N) is 1. The number of aromatic nitrogens is 2. The number of esters is 1. The maximum absolute atomic E-state index is 12.7. The van der Waals surface area contributed by atoms with E-state index in [4.69, 9.17) is 4.74 Å². The second-order valence-corrected chi connectivity index (χ2v) is 9.39. The lowest BCUT2D eigenvalue weighted by atomic mass is 9.89. The molecule has 2 aliphatic carbocycles. The molecule has 0 aromatic carbocycles. The Labute approximate surface area is 163 Å². The van der Waals surface area contributed by atoms with Crippen LogP contribution in [-0.2, 0) is 22.4 Å². The van der Waals surface area contributed by atoms with Gasteiger partial charge in [0.15, 0.2) is 11.9 Å². The minimum atomic E-state index is -0.531. The third kappa shape index (κ3) is 3.96. The zero-order valence-corrected chi connectivity index (χ0v) is 17.0. The quantitative estimate of drug-likeness (QED) is 0.755. The number of rotatable bonds is 5. The molecule has 6 heteroatoms. The van der Waals surface area contributed by atoms with E-state index in [0.717, 1.165) is 35.9 Å². The summed E-state index contributed by atoms with van der Waals surface area (Å²) in [5.41, 5.74) is 1.07. The molecule has 2 atom stereocenters. The standard InChI is InChI=1S/C21H28N2O3S/c1-12-7-9-15-16(11-12)27-21-18(15)20(25)22-19(23-21)13(2)26-17(24)10-8-14-5-3-4-6-14/h12-14H,3-11H2,1-2H3,(H,22,23,25)/t12-,13-/m1/s1. The summed E-state index contributed by atoms with van der Waals surface area (Å²) in [6.45, 7) is 4.04. The summed E-state index contributed by atoms with van der Waals surface area (Å²) in [5.74, 6) is 1.58. The van der Waals surface area contributed by atoms with Crippen LogP contribution in [0.5, 0.6) is 0 Å². The second-order valence-electron chi connectivity index (χ2n) is 8.30. The fraction of sp³-hybridized carbons (Fsp3) is 0.667. The molecule has 1 fully saturated rings. The molecule has 1 N–H and O–H groups in total. The molecule has 0 radical (unpaired) electrons. The fourth-order valence-electron chi connectivity index (χ4n) is 4.49. The lowest BCUT2D eigenvalue weighted by Crippen LogP contribution is -2.18. The van der Waals surface area contributed by atoms with Crippen molar-refractivity contribution in [3.63, 3.8) is 0 Å². The molecule has 0 spiro atoms. The Hall–Kier alpha value is -1.69. The van der Waals surface area contributed by atoms with E-state index in [9.17, 15) is 9.59 Å². The summed E-state index contributed by atoms with van der Waals surface area (Å²) in [4.78, 5) is 34.4. The molecule has 0 saturated heterocycles. The lowest BCUT2D eigenvalue weighted by Gasteiger charge is -2.17. The first-order valence-electron chi connectivity index (χ1n) is 10.2. The van der Waals surface area contributed by atoms with Gasteiger partial charge in [0.25, 0.3) is 5.56 Å². The van der Waals surface area contributed by atoms with Crippen molar-refractivity contribution in [2.24, 2.45) is 11.8 Å². The topological polar surface area (TPSA) is 72.0 Å². The van der Waals surface area contributed by atoms with Crippen molar-refractivity contribution in [1.29, 1.82) is 0 Å². The highest BCUT2D eigenvalue weighted by atomic mass is 32.1. The van der Waals surface area contributed by atoms with Crippen LogP contribution in [0.25, 0.3) is 10.2 Å². The highest BCUT2D eigenvalue weighted by molar-refractivity contribution is 7.18. The Morgan fingerprint density at radius 2 is 2.11 bits per heavy atom. The van der Waals surface area contributed by atoms with E-state index in [2.05, 4.69) is 16.9 Å². The second kappa shape index (κ2) is 7.74. The summed E-state index contributed by atoms with van der Waals surface area (Å²) in [6.07, 6.45) is 8.95. The van der Waals surface area contributed by atoms with Crippen molar-refractivity contribution in [1.82, 2.24) is 9.97 Å². The molecule has 0 amide bonds. The van der Waals surface area contributed by atoms with E-state index < -0.39 is 6.10 Å².